The second-order valence-electron chi connectivity index (χ2n) is 6.47. The first-order valence-corrected chi connectivity index (χ1v) is 7.68. The van der Waals surface area contributed by atoms with E-state index in [9.17, 15) is 9.59 Å². The third-order valence-electron chi connectivity index (χ3n) is 2.91. The van der Waals surface area contributed by atoms with Crippen molar-refractivity contribution in [3.8, 4) is 0 Å². The first-order valence-electron chi connectivity index (χ1n) is 7.68. The van der Waals surface area contributed by atoms with E-state index in [2.05, 4.69) is 6.92 Å². The number of rotatable bonds is 8. The molecule has 0 N–H and O–H groups in total. The number of hydrogen-bond donors (Lipinski definition) is 0. The molecule has 0 saturated heterocycles. The Morgan fingerprint density at radius 3 is 2.15 bits per heavy atom. The normalized spacial score (nSPS) is 11.6. The Labute approximate surface area is 123 Å². The number of unbranched alkanes of at least 4 members (excludes halogenated alkanes) is 2. The Kier molecular flexibility index (Phi) is 8.51. The van der Waals surface area contributed by atoms with Crippen molar-refractivity contribution < 1.29 is 14.3 Å². The molecule has 0 heterocycles. The number of esters is 1. The van der Waals surface area contributed by atoms with Crippen LogP contribution in [0.1, 0.15) is 73.6 Å². The molecule has 0 unspecified atom stereocenters. The lowest BCUT2D eigenvalue weighted by Crippen LogP contribution is -2.38. The fraction of sp³-hybridized carbons (Fsp3) is 0.875. The van der Waals surface area contributed by atoms with Gasteiger partial charge < -0.3 is 9.64 Å². The van der Waals surface area contributed by atoms with E-state index in [0.717, 1.165) is 25.8 Å². The third kappa shape index (κ3) is 8.94. The molecule has 20 heavy (non-hydrogen) atoms. The summed E-state index contributed by atoms with van der Waals surface area (Å²) < 4.78 is 5.22. The van der Waals surface area contributed by atoms with E-state index in [1.54, 1.807) is 0 Å². The van der Waals surface area contributed by atoms with Crippen LogP contribution in [0.25, 0.3) is 0 Å². The number of nitrogens with zero attached hydrogens (tertiary/aromatic N) is 1. The second-order valence-corrected chi connectivity index (χ2v) is 6.47. The lowest BCUT2D eigenvalue weighted by Gasteiger charge is -2.27. The average molecular weight is 285 g/mol. The number of carbonyl (C=O) groups excluding carboxylic acids is 2. The highest BCUT2D eigenvalue weighted by Crippen LogP contribution is 2.11. The molecule has 0 aromatic rings. The molecule has 1 amide bonds. The fourth-order valence-corrected chi connectivity index (χ4v) is 1.95. The molecule has 0 saturated carbocycles. The zero-order valence-corrected chi connectivity index (χ0v) is 14.0. The molecular weight excluding hydrogens is 254 g/mol. The van der Waals surface area contributed by atoms with Gasteiger partial charge in [0.25, 0.3) is 0 Å². The highest BCUT2D eigenvalue weighted by atomic mass is 16.6. The Morgan fingerprint density at radius 2 is 1.70 bits per heavy atom. The summed E-state index contributed by atoms with van der Waals surface area (Å²) in [5, 5.41) is 0. The van der Waals surface area contributed by atoms with Crippen LogP contribution in [0, 0.1) is 0 Å². The smallest absolute Gasteiger partial charge is 0.306 e. The van der Waals surface area contributed by atoms with Gasteiger partial charge in [-0.05, 0) is 41.0 Å². The molecule has 4 heteroatoms. The maximum atomic E-state index is 12.2. The van der Waals surface area contributed by atoms with Crippen LogP contribution >= 0.6 is 0 Å². The summed E-state index contributed by atoms with van der Waals surface area (Å²) in [6.07, 6.45) is 3.68. The first kappa shape index (κ1) is 18.9. The van der Waals surface area contributed by atoms with Crippen molar-refractivity contribution in [2.45, 2.75) is 85.3 Å². The molecule has 0 aromatic carbocycles. The van der Waals surface area contributed by atoms with Gasteiger partial charge in [0.1, 0.15) is 5.60 Å². The van der Waals surface area contributed by atoms with Crippen LogP contribution in [0.4, 0.5) is 0 Å². The van der Waals surface area contributed by atoms with Gasteiger partial charge in [-0.15, -0.1) is 0 Å². The summed E-state index contributed by atoms with van der Waals surface area (Å²) in [6.45, 7) is 12.4. The average Bonchev–Trinajstić information content (AvgIpc) is 2.29. The van der Waals surface area contributed by atoms with Crippen LogP contribution in [0.15, 0.2) is 0 Å². The van der Waals surface area contributed by atoms with E-state index in [1.165, 1.54) is 0 Å². The standard InChI is InChI=1S/C16H31NO3/c1-7-8-9-12-17(13(2)3)14(18)10-11-15(19)20-16(4,5)6/h13H,7-12H2,1-6H3. The highest BCUT2D eigenvalue weighted by molar-refractivity contribution is 5.81. The number of hydrogen-bond acceptors (Lipinski definition) is 3. The summed E-state index contributed by atoms with van der Waals surface area (Å²) in [5.41, 5.74) is -0.487. The molecule has 0 fully saturated rings. The van der Waals surface area contributed by atoms with Crippen LogP contribution < -0.4 is 0 Å². The predicted octanol–water partition coefficient (Wildman–Crippen LogP) is 3.54. The van der Waals surface area contributed by atoms with Crippen molar-refractivity contribution in [3.05, 3.63) is 0 Å². The van der Waals surface area contributed by atoms with Gasteiger partial charge in [0.15, 0.2) is 0 Å². The van der Waals surface area contributed by atoms with Gasteiger partial charge in [-0.3, -0.25) is 9.59 Å². The molecule has 4 nitrogen and oxygen atoms in total. The molecule has 0 rings (SSSR count). The van der Waals surface area contributed by atoms with Crippen molar-refractivity contribution in [3.63, 3.8) is 0 Å². The monoisotopic (exact) mass is 285 g/mol. The lowest BCUT2D eigenvalue weighted by atomic mass is 10.1. The SMILES string of the molecule is CCCCCN(C(=O)CCC(=O)OC(C)(C)C)C(C)C. The van der Waals surface area contributed by atoms with Crippen molar-refractivity contribution >= 4 is 11.9 Å². The van der Waals surface area contributed by atoms with E-state index in [4.69, 9.17) is 4.74 Å². The minimum atomic E-state index is -0.487. The Balaban J connectivity index is 4.23. The predicted molar refractivity (Wildman–Crippen MR) is 81.5 cm³/mol. The van der Waals surface area contributed by atoms with Crippen LogP contribution in [-0.2, 0) is 14.3 Å². The Morgan fingerprint density at radius 1 is 1.10 bits per heavy atom. The quantitative estimate of drug-likeness (QED) is 0.506. The van der Waals surface area contributed by atoms with Gasteiger partial charge in [0.2, 0.25) is 5.91 Å². The van der Waals surface area contributed by atoms with Crippen LogP contribution in [0.2, 0.25) is 0 Å². The van der Waals surface area contributed by atoms with Crippen LogP contribution in [-0.4, -0.2) is 35.0 Å². The largest absolute Gasteiger partial charge is 0.460 e. The molecule has 0 radical (unpaired) electrons. The topological polar surface area (TPSA) is 46.6 Å². The van der Waals surface area contributed by atoms with Crippen molar-refractivity contribution in [2.75, 3.05) is 6.54 Å². The molecular formula is C16H31NO3. The maximum absolute atomic E-state index is 12.2. The Hall–Kier alpha value is -1.06. The number of carbonyl (C=O) groups is 2. The molecule has 0 bridgehead atoms. The first-order chi connectivity index (χ1) is 9.17. The van der Waals surface area contributed by atoms with Crippen LogP contribution in [0.5, 0.6) is 0 Å². The fourth-order valence-electron chi connectivity index (χ4n) is 1.95. The highest BCUT2D eigenvalue weighted by Gasteiger charge is 2.20. The van der Waals surface area contributed by atoms with E-state index in [0.29, 0.717) is 0 Å². The summed E-state index contributed by atoms with van der Waals surface area (Å²) in [5.74, 6) is -0.259. The van der Waals surface area contributed by atoms with Gasteiger partial charge in [-0.1, -0.05) is 19.8 Å². The second kappa shape index (κ2) is 8.98. The zero-order chi connectivity index (χ0) is 15.8. The zero-order valence-electron chi connectivity index (χ0n) is 14.0. The molecule has 0 aliphatic rings. The minimum Gasteiger partial charge on any atom is -0.460 e. The van der Waals surface area contributed by atoms with E-state index in [-0.39, 0.29) is 30.8 Å². The summed E-state index contributed by atoms with van der Waals surface area (Å²) in [4.78, 5) is 25.7. The van der Waals surface area contributed by atoms with E-state index >= 15 is 0 Å². The molecule has 0 spiro atoms. The molecule has 0 atom stereocenters. The van der Waals surface area contributed by atoms with E-state index < -0.39 is 5.60 Å². The van der Waals surface area contributed by atoms with E-state index in [1.807, 2.05) is 39.5 Å². The maximum Gasteiger partial charge on any atom is 0.306 e. The third-order valence-corrected chi connectivity index (χ3v) is 2.91. The van der Waals surface area contributed by atoms with Crippen molar-refractivity contribution in [2.24, 2.45) is 0 Å². The number of ether oxygens (including phenoxy) is 1. The van der Waals surface area contributed by atoms with Crippen molar-refractivity contribution in [1.82, 2.24) is 4.90 Å². The van der Waals surface area contributed by atoms with Crippen molar-refractivity contribution in [1.29, 1.82) is 0 Å². The van der Waals surface area contributed by atoms with Gasteiger partial charge in [-0.25, -0.2) is 0 Å². The van der Waals surface area contributed by atoms with Gasteiger partial charge in [0.05, 0.1) is 6.42 Å². The summed E-state index contributed by atoms with van der Waals surface area (Å²) in [7, 11) is 0. The minimum absolute atomic E-state index is 0.0435. The number of amides is 1. The van der Waals surface area contributed by atoms with Gasteiger partial charge >= 0.3 is 5.97 Å². The molecule has 0 aromatic heterocycles. The van der Waals surface area contributed by atoms with Gasteiger partial charge in [-0.2, -0.15) is 0 Å². The van der Waals surface area contributed by atoms with Crippen LogP contribution in [0.3, 0.4) is 0 Å². The summed E-state index contributed by atoms with van der Waals surface area (Å²) in [6, 6.07) is 0.179. The molecule has 0 aliphatic heterocycles. The lowest BCUT2D eigenvalue weighted by molar-refractivity contribution is -0.156. The molecule has 0 aliphatic carbocycles. The molecule has 118 valence electrons. The Bertz CT molecular complexity index is 305. The van der Waals surface area contributed by atoms with Gasteiger partial charge in [0, 0.05) is 19.0 Å². The summed E-state index contributed by atoms with van der Waals surface area (Å²) >= 11 is 0.